The predicted molar refractivity (Wildman–Crippen MR) is 71.9 cm³/mol. The van der Waals surface area contributed by atoms with Gasteiger partial charge in [-0.1, -0.05) is 30.0 Å². The van der Waals surface area contributed by atoms with Crippen molar-refractivity contribution in [3.8, 4) is 11.8 Å². The normalized spacial score (nSPS) is 9.61. The number of para-hydroxylation sites is 1. The number of fused-ring (bicyclic) bond motifs is 1. The first-order valence-electron chi connectivity index (χ1n) is 5.84. The molecule has 0 unspecified atom stereocenters. The third-order valence-corrected chi connectivity index (χ3v) is 2.50. The number of carbonyl (C=O) groups is 1. The number of rotatable bonds is 2. The molecule has 3 nitrogen and oxygen atoms in total. The van der Waals surface area contributed by atoms with Crippen molar-refractivity contribution < 1.29 is 4.79 Å². The molecule has 0 spiro atoms. The Morgan fingerprint density at radius 1 is 1.33 bits per heavy atom. The molecule has 1 heterocycles. The molecule has 0 bridgehead atoms. The molecule has 2 aromatic rings. The van der Waals surface area contributed by atoms with E-state index in [2.05, 4.69) is 22.1 Å². The van der Waals surface area contributed by atoms with Gasteiger partial charge in [0.2, 0.25) is 5.91 Å². The van der Waals surface area contributed by atoms with Gasteiger partial charge in [-0.15, -0.1) is 0 Å². The van der Waals surface area contributed by atoms with Crippen LogP contribution in [0.15, 0.2) is 36.5 Å². The van der Waals surface area contributed by atoms with Crippen LogP contribution in [0.4, 0.5) is 0 Å². The van der Waals surface area contributed by atoms with E-state index in [9.17, 15) is 4.79 Å². The minimum absolute atomic E-state index is 0.0221. The molecule has 0 aliphatic carbocycles. The van der Waals surface area contributed by atoms with Crippen molar-refractivity contribution in [1.82, 2.24) is 10.3 Å². The first kappa shape index (κ1) is 12.1. The lowest BCUT2D eigenvalue weighted by atomic mass is 10.1. The highest BCUT2D eigenvalue weighted by molar-refractivity contribution is 5.84. The van der Waals surface area contributed by atoms with Crippen LogP contribution in [0.25, 0.3) is 10.9 Å². The second-order valence-corrected chi connectivity index (χ2v) is 3.91. The third-order valence-electron chi connectivity index (χ3n) is 2.50. The highest BCUT2D eigenvalue weighted by atomic mass is 16.1. The second-order valence-electron chi connectivity index (χ2n) is 3.91. The molecular formula is C15H14N2O. The fourth-order valence-corrected chi connectivity index (χ4v) is 1.66. The van der Waals surface area contributed by atoms with Gasteiger partial charge in [0.15, 0.2) is 0 Å². The molecule has 2 rings (SSSR count). The van der Waals surface area contributed by atoms with E-state index in [0.717, 1.165) is 16.5 Å². The van der Waals surface area contributed by atoms with Gasteiger partial charge in [-0.05, 0) is 12.1 Å². The van der Waals surface area contributed by atoms with Gasteiger partial charge < -0.3 is 5.32 Å². The summed E-state index contributed by atoms with van der Waals surface area (Å²) < 4.78 is 0. The quantitative estimate of drug-likeness (QED) is 0.643. The molecule has 1 aromatic heterocycles. The van der Waals surface area contributed by atoms with Crippen molar-refractivity contribution in [3.63, 3.8) is 0 Å². The summed E-state index contributed by atoms with van der Waals surface area (Å²) in [6.45, 7) is 2.09. The van der Waals surface area contributed by atoms with Crippen LogP contribution in [0, 0.1) is 11.8 Å². The first-order chi connectivity index (χ1) is 8.77. The average molecular weight is 238 g/mol. The minimum atomic E-state index is -0.0221. The van der Waals surface area contributed by atoms with Crippen molar-refractivity contribution in [2.45, 2.75) is 13.3 Å². The molecule has 1 aromatic carbocycles. The topological polar surface area (TPSA) is 42.0 Å². The lowest BCUT2D eigenvalue weighted by molar-refractivity contribution is -0.118. The number of hydrogen-bond donors (Lipinski definition) is 1. The van der Waals surface area contributed by atoms with Crippen molar-refractivity contribution in [3.05, 3.63) is 42.1 Å². The molecule has 0 saturated carbocycles. The Hall–Kier alpha value is -2.34. The number of amides is 1. The van der Waals surface area contributed by atoms with Gasteiger partial charge in [0.25, 0.3) is 0 Å². The molecule has 1 amide bonds. The van der Waals surface area contributed by atoms with Crippen LogP contribution in [0.1, 0.15) is 18.9 Å². The maximum Gasteiger partial charge on any atom is 0.216 e. The Bertz CT molecular complexity index is 618. The van der Waals surface area contributed by atoms with Crippen molar-refractivity contribution in [1.29, 1.82) is 0 Å². The van der Waals surface area contributed by atoms with Gasteiger partial charge in [-0.25, -0.2) is 0 Å². The zero-order valence-electron chi connectivity index (χ0n) is 10.2. The monoisotopic (exact) mass is 238 g/mol. The Labute approximate surface area is 106 Å². The molecular weight excluding hydrogens is 224 g/mol. The van der Waals surface area contributed by atoms with Crippen molar-refractivity contribution >= 4 is 16.8 Å². The van der Waals surface area contributed by atoms with E-state index >= 15 is 0 Å². The van der Waals surface area contributed by atoms with E-state index < -0.39 is 0 Å². The predicted octanol–water partition coefficient (Wildman–Crippen LogP) is 2.11. The lowest BCUT2D eigenvalue weighted by Crippen LogP contribution is -2.20. The number of nitrogens with one attached hydrogen (secondary N) is 1. The molecule has 0 saturated heterocycles. The van der Waals surface area contributed by atoms with E-state index in [-0.39, 0.29) is 5.91 Å². The van der Waals surface area contributed by atoms with E-state index in [1.807, 2.05) is 30.3 Å². The van der Waals surface area contributed by atoms with Crippen LogP contribution in [0.5, 0.6) is 0 Å². The average Bonchev–Trinajstić information content (AvgIpc) is 2.38. The molecule has 18 heavy (non-hydrogen) atoms. The fourth-order valence-electron chi connectivity index (χ4n) is 1.66. The number of aromatic nitrogens is 1. The van der Waals surface area contributed by atoms with E-state index in [1.54, 1.807) is 6.20 Å². The Balaban J connectivity index is 2.12. The smallest absolute Gasteiger partial charge is 0.216 e. The number of hydrogen-bond acceptors (Lipinski definition) is 2. The zero-order valence-corrected chi connectivity index (χ0v) is 10.2. The van der Waals surface area contributed by atoms with Crippen LogP contribution in [-0.2, 0) is 4.79 Å². The van der Waals surface area contributed by atoms with Gasteiger partial charge in [0, 0.05) is 37.0 Å². The van der Waals surface area contributed by atoms with Crippen LogP contribution < -0.4 is 5.32 Å². The van der Waals surface area contributed by atoms with Crippen molar-refractivity contribution in [2.75, 3.05) is 6.54 Å². The summed E-state index contributed by atoms with van der Waals surface area (Å²) >= 11 is 0. The van der Waals surface area contributed by atoms with Crippen molar-refractivity contribution in [2.24, 2.45) is 0 Å². The summed E-state index contributed by atoms with van der Waals surface area (Å²) in [7, 11) is 0. The maximum absolute atomic E-state index is 10.7. The molecule has 0 radical (unpaired) electrons. The Kier molecular flexibility index (Phi) is 3.93. The SMILES string of the molecule is CC(=O)NCCC#Cc1ccnc2ccccc12. The molecule has 3 heteroatoms. The van der Waals surface area contributed by atoms with Gasteiger partial charge in [0.1, 0.15) is 0 Å². The molecule has 0 fully saturated rings. The summed E-state index contributed by atoms with van der Waals surface area (Å²) in [4.78, 5) is 15.0. The molecule has 1 N–H and O–H groups in total. The molecule has 0 atom stereocenters. The van der Waals surface area contributed by atoms with Crippen LogP contribution in [0.3, 0.4) is 0 Å². The second kappa shape index (κ2) is 5.83. The van der Waals surface area contributed by atoms with Crippen LogP contribution >= 0.6 is 0 Å². The Morgan fingerprint density at radius 3 is 3.00 bits per heavy atom. The van der Waals surface area contributed by atoms with Crippen LogP contribution in [-0.4, -0.2) is 17.4 Å². The van der Waals surface area contributed by atoms with Gasteiger partial charge in [-0.3, -0.25) is 9.78 Å². The lowest BCUT2D eigenvalue weighted by Gasteiger charge is -1.98. The molecule has 0 aliphatic heterocycles. The summed E-state index contributed by atoms with van der Waals surface area (Å²) in [5.74, 6) is 6.15. The van der Waals surface area contributed by atoms with E-state index in [0.29, 0.717) is 13.0 Å². The summed E-state index contributed by atoms with van der Waals surface area (Å²) in [5, 5.41) is 3.78. The summed E-state index contributed by atoms with van der Waals surface area (Å²) in [6.07, 6.45) is 2.41. The summed E-state index contributed by atoms with van der Waals surface area (Å²) in [5.41, 5.74) is 1.93. The van der Waals surface area contributed by atoms with Gasteiger partial charge in [0.05, 0.1) is 5.52 Å². The molecule has 90 valence electrons. The third kappa shape index (κ3) is 3.08. The van der Waals surface area contributed by atoms with Gasteiger partial charge in [-0.2, -0.15) is 0 Å². The molecule has 0 aliphatic rings. The highest BCUT2D eigenvalue weighted by Gasteiger charge is 1.97. The van der Waals surface area contributed by atoms with E-state index in [1.165, 1.54) is 6.92 Å². The zero-order chi connectivity index (χ0) is 12.8. The number of nitrogens with zero attached hydrogens (tertiary/aromatic N) is 1. The highest BCUT2D eigenvalue weighted by Crippen LogP contribution is 2.14. The minimum Gasteiger partial charge on any atom is -0.355 e. The number of carbonyl (C=O) groups excluding carboxylic acids is 1. The van der Waals surface area contributed by atoms with Gasteiger partial charge >= 0.3 is 0 Å². The standard InChI is InChI=1S/C15H14N2O/c1-12(18)16-10-5-4-6-13-9-11-17-15-8-3-2-7-14(13)15/h2-3,7-9,11H,5,10H2,1H3,(H,16,18). The Morgan fingerprint density at radius 2 is 2.17 bits per heavy atom. The van der Waals surface area contributed by atoms with E-state index in [4.69, 9.17) is 0 Å². The summed E-state index contributed by atoms with van der Waals surface area (Å²) in [6, 6.07) is 9.83. The first-order valence-corrected chi connectivity index (χ1v) is 5.84. The number of pyridine rings is 1. The van der Waals surface area contributed by atoms with Crippen LogP contribution in [0.2, 0.25) is 0 Å². The largest absolute Gasteiger partial charge is 0.355 e. The maximum atomic E-state index is 10.7. The fraction of sp³-hybridized carbons (Fsp3) is 0.200. The number of benzene rings is 1.